The van der Waals surface area contributed by atoms with E-state index in [1.54, 1.807) is 20.8 Å². The summed E-state index contributed by atoms with van der Waals surface area (Å²) in [4.78, 5) is 11.2. The summed E-state index contributed by atoms with van der Waals surface area (Å²) in [5, 5.41) is 9.69. The van der Waals surface area contributed by atoms with Crippen molar-refractivity contribution >= 4 is 5.78 Å². The lowest BCUT2D eigenvalue weighted by Crippen LogP contribution is -2.25. The van der Waals surface area contributed by atoms with Crippen LogP contribution in [-0.4, -0.2) is 16.5 Å². The molecule has 0 spiro atoms. The van der Waals surface area contributed by atoms with Crippen LogP contribution >= 0.6 is 0 Å². The van der Waals surface area contributed by atoms with Crippen molar-refractivity contribution in [1.82, 2.24) is 0 Å². The molecule has 0 amide bonds. The third kappa shape index (κ3) is 0.862. The monoisotopic (exact) mass is 152 g/mol. The Bertz CT molecular complexity index is 269. The average Bonchev–Trinajstić information content (AvgIpc) is 2.06. The Kier molecular flexibility index (Phi) is 1.53. The topological polar surface area (TPSA) is 37.3 Å². The molecule has 0 aromatic heterocycles. The largest absolute Gasteiger partial charge is 0.381 e. The van der Waals surface area contributed by atoms with Gasteiger partial charge in [-0.3, -0.25) is 4.79 Å². The Hall–Kier alpha value is -0.890. The quantitative estimate of drug-likeness (QED) is 0.530. The van der Waals surface area contributed by atoms with Gasteiger partial charge in [-0.2, -0.15) is 0 Å². The number of carbonyl (C=O) groups is 1. The third-order valence-electron chi connectivity index (χ3n) is 2.50. The highest BCUT2D eigenvalue weighted by molar-refractivity contribution is 6.13. The first-order valence-corrected chi connectivity index (χ1v) is 3.53. The maximum atomic E-state index is 11.2. The second kappa shape index (κ2) is 2.05. The molecule has 0 radical (unpaired) electrons. The first kappa shape index (κ1) is 8.21. The number of hydrogen-bond acceptors (Lipinski definition) is 2. The molecule has 60 valence electrons. The van der Waals surface area contributed by atoms with Crippen LogP contribution in [0.2, 0.25) is 0 Å². The number of carbonyl (C=O) groups excluding carboxylic acids is 1. The van der Waals surface area contributed by atoms with Crippen molar-refractivity contribution in [3.05, 3.63) is 23.3 Å². The van der Waals surface area contributed by atoms with E-state index in [-0.39, 0.29) is 11.4 Å². The number of hydrogen-bond donors (Lipinski definition) is 1. The Morgan fingerprint density at radius 1 is 1.45 bits per heavy atom. The Morgan fingerprint density at radius 3 is 2.00 bits per heavy atom. The second-order valence-corrected chi connectivity index (χ2v) is 3.13. The van der Waals surface area contributed by atoms with E-state index in [2.05, 4.69) is 6.58 Å². The average molecular weight is 152 g/mol. The number of allylic oxidation sites excluding steroid dienone is 1. The summed E-state index contributed by atoms with van der Waals surface area (Å²) < 4.78 is 0. The van der Waals surface area contributed by atoms with Crippen LogP contribution in [0.15, 0.2) is 23.3 Å². The molecule has 2 nitrogen and oxygen atoms in total. The Labute approximate surface area is 66.2 Å². The Morgan fingerprint density at radius 2 is 1.91 bits per heavy atom. The van der Waals surface area contributed by atoms with Gasteiger partial charge in [0.2, 0.25) is 0 Å². The van der Waals surface area contributed by atoms with Crippen LogP contribution in [0.25, 0.3) is 0 Å². The van der Waals surface area contributed by atoms with Crippen molar-refractivity contribution < 1.29 is 9.90 Å². The van der Waals surface area contributed by atoms with E-state index in [1.165, 1.54) is 0 Å². The summed E-state index contributed by atoms with van der Waals surface area (Å²) in [6, 6.07) is 0. The Balaban J connectivity index is 3.27. The standard InChI is InChI=1S/C9H12O2/c1-5-6(2)9(4,11)7(3)8(5)10/h11H,3H2,1-2,4H3. The molecular weight excluding hydrogens is 140 g/mol. The highest BCUT2D eigenvalue weighted by Gasteiger charge is 2.39. The van der Waals surface area contributed by atoms with E-state index in [1.807, 2.05) is 0 Å². The van der Waals surface area contributed by atoms with Gasteiger partial charge in [0.05, 0.1) is 0 Å². The predicted molar refractivity (Wildman–Crippen MR) is 43.1 cm³/mol. The summed E-state index contributed by atoms with van der Waals surface area (Å²) in [6.45, 7) is 8.61. The van der Waals surface area contributed by atoms with E-state index in [4.69, 9.17) is 0 Å². The highest BCUT2D eigenvalue weighted by Crippen LogP contribution is 2.35. The fourth-order valence-corrected chi connectivity index (χ4v) is 1.21. The van der Waals surface area contributed by atoms with E-state index >= 15 is 0 Å². The zero-order chi connectivity index (χ0) is 8.81. The lowest BCUT2D eigenvalue weighted by molar-refractivity contribution is -0.112. The van der Waals surface area contributed by atoms with Gasteiger partial charge < -0.3 is 5.11 Å². The van der Waals surface area contributed by atoms with Crippen molar-refractivity contribution in [2.45, 2.75) is 26.4 Å². The van der Waals surface area contributed by atoms with E-state index in [0.717, 1.165) is 0 Å². The summed E-state index contributed by atoms with van der Waals surface area (Å²) in [5.41, 5.74) is 0.515. The number of aliphatic hydroxyl groups is 1. The molecule has 1 N–H and O–H groups in total. The van der Waals surface area contributed by atoms with E-state index < -0.39 is 5.60 Å². The molecule has 2 heteroatoms. The van der Waals surface area contributed by atoms with E-state index in [0.29, 0.717) is 11.1 Å². The minimum Gasteiger partial charge on any atom is -0.381 e. The number of rotatable bonds is 0. The van der Waals surface area contributed by atoms with E-state index in [9.17, 15) is 9.90 Å². The molecular formula is C9H12O2. The van der Waals surface area contributed by atoms with Gasteiger partial charge >= 0.3 is 0 Å². The van der Waals surface area contributed by atoms with Gasteiger partial charge in [0.25, 0.3) is 0 Å². The van der Waals surface area contributed by atoms with Crippen molar-refractivity contribution in [3.63, 3.8) is 0 Å². The summed E-state index contributed by atoms with van der Waals surface area (Å²) >= 11 is 0. The first-order chi connectivity index (χ1) is 4.89. The molecule has 0 aliphatic heterocycles. The second-order valence-electron chi connectivity index (χ2n) is 3.13. The minimum atomic E-state index is -1.11. The van der Waals surface area contributed by atoms with Crippen molar-refractivity contribution in [1.29, 1.82) is 0 Å². The molecule has 1 unspecified atom stereocenters. The van der Waals surface area contributed by atoms with Gasteiger partial charge in [-0.05, 0) is 31.9 Å². The molecule has 1 aliphatic carbocycles. The zero-order valence-corrected chi connectivity index (χ0v) is 7.06. The molecule has 0 saturated heterocycles. The smallest absolute Gasteiger partial charge is 0.187 e. The van der Waals surface area contributed by atoms with Crippen LogP contribution in [0.3, 0.4) is 0 Å². The SMILES string of the molecule is C=C1C(=O)C(C)=C(C)C1(C)O. The summed E-state index contributed by atoms with van der Waals surface area (Å²) in [6.07, 6.45) is 0. The van der Waals surface area contributed by atoms with Crippen LogP contribution in [0.1, 0.15) is 20.8 Å². The molecule has 1 aliphatic rings. The lowest BCUT2D eigenvalue weighted by Gasteiger charge is -2.18. The van der Waals surface area contributed by atoms with Gasteiger partial charge in [-0.25, -0.2) is 0 Å². The van der Waals surface area contributed by atoms with Crippen LogP contribution < -0.4 is 0 Å². The molecule has 11 heavy (non-hydrogen) atoms. The van der Waals surface area contributed by atoms with Gasteiger partial charge in [0.1, 0.15) is 5.60 Å². The van der Waals surface area contributed by atoms with Gasteiger partial charge in [-0.1, -0.05) is 6.58 Å². The van der Waals surface area contributed by atoms with Crippen molar-refractivity contribution in [2.75, 3.05) is 0 Å². The fraction of sp³-hybridized carbons (Fsp3) is 0.444. The fourth-order valence-electron chi connectivity index (χ4n) is 1.21. The van der Waals surface area contributed by atoms with Crippen molar-refractivity contribution in [2.24, 2.45) is 0 Å². The molecule has 0 aromatic rings. The van der Waals surface area contributed by atoms with Gasteiger partial charge in [0.15, 0.2) is 5.78 Å². The maximum absolute atomic E-state index is 11.2. The molecule has 0 aromatic carbocycles. The number of ketones is 1. The summed E-state index contributed by atoms with van der Waals surface area (Å²) in [7, 11) is 0. The molecule has 0 heterocycles. The molecule has 0 saturated carbocycles. The third-order valence-corrected chi connectivity index (χ3v) is 2.50. The highest BCUT2D eigenvalue weighted by atomic mass is 16.3. The summed E-state index contributed by atoms with van der Waals surface area (Å²) in [5.74, 6) is -0.118. The van der Waals surface area contributed by atoms with Gasteiger partial charge in [0, 0.05) is 5.57 Å². The van der Waals surface area contributed by atoms with Crippen LogP contribution in [0.4, 0.5) is 0 Å². The molecule has 0 bridgehead atoms. The van der Waals surface area contributed by atoms with Crippen LogP contribution in [0, 0.1) is 0 Å². The van der Waals surface area contributed by atoms with Crippen LogP contribution in [-0.2, 0) is 4.79 Å². The molecule has 0 fully saturated rings. The predicted octanol–water partition coefficient (Wildman–Crippen LogP) is 1.21. The van der Waals surface area contributed by atoms with Crippen molar-refractivity contribution in [3.8, 4) is 0 Å². The lowest BCUT2D eigenvalue weighted by atomic mass is 9.95. The zero-order valence-electron chi connectivity index (χ0n) is 7.06. The minimum absolute atomic E-state index is 0.118. The van der Waals surface area contributed by atoms with Gasteiger partial charge in [-0.15, -0.1) is 0 Å². The van der Waals surface area contributed by atoms with Crippen LogP contribution in [0.5, 0.6) is 0 Å². The first-order valence-electron chi connectivity index (χ1n) is 3.53. The molecule has 1 atom stereocenters. The molecule has 1 rings (SSSR count). The normalized spacial score (nSPS) is 32.0. The maximum Gasteiger partial charge on any atom is 0.187 e. The number of Topliss-reactive ketones (excluding diaryl/α,β-unsaturated/α-hetero) is 1.